The Kier molecular flexibility index (Phi) is 4.84. The van der Waals surface area contributed by atoms with Crippen LogP contribution in [0, 0.1) is 0 Å². The van der Waals surface area contributed by atoms with E-state index in [-0.39, 0.29) is 11.8 Å². The third-order valence-electron chi connectivity index (χ3n) is 4.61. The number of fused-ring (bicyclic) bond motifs is 1. The Morgan fingerprint density at radius 3 is 2.78 bits per heavy atom. The summed E-state index contributed by atoms with van der Waals surface area (Å²) in [5, 5.41) is 3.10. The van der Waals surface area contributed by atoms with Crippen LogP contribution in [0.5, 0.6) is 5.75 Å². The average Bonchev–Trinajstić information content (AvgIpc) is 2.56. The minimum absolute atomic E-state index is 0.0290. The van der Waals surface area contributed by atoms with Crippen molar-refractivity contribution >= 4 is 17.5 Å². The zero-order valence-corrected chi connectivity index (χ0v) is 13.6. The van der Waals surface area contributed by atoms with Gasteiger partial charge in [-0.15, -0.1) is 0 Å². The molecule has 2 amide bonds. The predicted octanol–water partition coefficient (Wildman–Crippen LogP) is 2.64. The Labute approximate surface area is 137 Å². The van der Waals surface area contributed by atoms with Gasteiger partial charge in [-0.2, -0.15) is 0 Å². The molecule has 124 valence electrons. The normalized spacial score (nSPS) is 21.5. The van der Waals surface area contributed by atoms with Gasteiger partial charge in [-0.25, -0.2) is 0 Å². The van der Waals surface area contributed by atoms with E-state index in [2.05, 4.69) is 5.32 Å². The summed E-state index contributed by atoms with van der Waals surface area (Å²) in [5.41, 5.74) is 0.751. The fourth-order valence-electron chi connectivity index (χ4n) is 3.35. The first kappa shape index (κ1) is 15.8. The summed E-state index contributed by atoms with van der Waals surface area (Å²) in [6.45, 7) is 2.13. The van der Waals surface area contributed by atoms with Crippen molar-refractivity contribution in [2.24, 2.45) is 0 Å². The number of carbonyl (C=O) groups is 2. The molecule has 0 aromatic heterocycles. The summed E-state index contributed by atoms with van der Waals surface area (Å²) >= 11 is 0. The first-order valence-corrected chi connectivity index (χ1v) is 8.51. The molecule has 3 rings (SSSR count). The Balaban J connectivity index is 1.60. The van der Waals surface area contributed by atoms with E-state index < -0.39 is 6.10 Å². The van der Waals surface area contributed by atoms with E-state index in [0.717, 1.165) is 18.5 Å². The number of amides is 2. The fraction of sp³-hybridized carbons (Fsp3) is 0.556. The van der Waals surface area contributed by atoms with Crippen molar-refractivity contribution < 1.29 is 14.3 Å². The van der Waals surface area contributed by atoms with E-state index in [4.69, 9.17) is 4.74 Å². The van der Waals surface area contributed by atoms with Gasteiger partial charge in [0, 0.05) is 19.0 Å². The first-order chi connectivity index (χ1) is 11.1. The minimum atomic E-state index is -0.508. The van der Waals surface area contributed by atoms with E-state index in [9.17, 15) is 9.59 Å². The molecule has 1 aromatic rings. The molecule has 0 spiro atoms. The molecule has 1 heterocycles. The summed E-state index contributed by atoms with van der Waals surface area (Å²) in [6, 6.07) is 7.78. The SMILES string of the molecule is CC1Oc2ccccc2N(CCC(=O)NC2CCCCC2)C1=O. The zero-order chi connectivity index (χ0) is 16.2. The van der Waals surface area contributed by atoms with Gasteiger partial charge in [0.1, 0.15) is 5.75 Å². The molecule has 2 aliphatic rings. The van der Waals surface area contributed by atoms with Crippen LogP contribution in [-0.2, 0) is 9.59 Å². The summed E-state index contributed by atoms with van der Waals surface area (Å²) in [6.07, 6.45) is 5.61. The summed E-state index contributed by atoms with van der Waals surface area (Å²) in [7, 11) is 0. The number of anilines is 1. The Hall–Kier alpha value is -2.04. The van der Waals surface area contributed by atoms with Crippen molar-refractivity contribution in [2.75, 3.05) is 11.4 Å². The Bertz CT molecular complexity index is 581. The van der Waals surface area contributed by atoms with Gasteiger partial charge in [0.15, 0.2) is 6.10 Å². The number of benzene rings is 1. The van der Waals surface area contributed by atoms with Crippen LogP contribution in [0.25, 0.3) is 0 Å². The van der Waals surface area contributed by atoms with E-state index in [1.807, 2.05) is 24.3 Å². The second-order valence-electron chi connectivity index (χ2n) is 6.37. The molecule has 1 saturated carbocycles. The van der Waals surface area contributed by atoms with Gasteiger partial charge >= 0.3 is 0 Å². The number of para-hydroxylation sites is 2. The highest BCUT2D eigenvalue weighted by Gasteiger charge is 2.31. The molecule has 5 heteroatoms. The average molecular weight is 316 g/mol. The van der Waals surface area contributed by atoms with Crippen LogP contribution in [0.4, 0.5) is 5.69 Å². The van der Waals surface area contributed by atoms with Gasteiger partial charge in [0.05, 0.1) is 5.69 Å². The molecular formula is C18H24N2O3. The number of rotatable bonds is 4. The van der Waals surface area contributed by atoms with Crippen LogP contribution in [0.3, 0.4) is 0 Å². The molecule has 5 nitrogen and oxygen atoms in total. The van der Waals surface area contributed by atoms with Gasteiger partial charge in [-0.05, 0) is 31.9 Å². The minimum Gasteiger partial charge on any atom is -0.479 e. The maximum atomic E-state index is 12.4. The van der Waals surface area contributed by atoms with Crippen LogP contribution in [0.2, 0.25) is 0 Å². The van der Waals surface area contributed by atoms with E-state index in [1.165, 1.54) is 19.3 Å². The van der Waals surface area contributed by atoms with Crippen LogP contribution in [0.1, 0.15) is 45.4 Å². The van der Waals surface area contributed by atoms with Gasteiger partial charge < -0.3 is 15.0 Å². The van der Waals surface area contributed by atoms with E-state index >= 15 is 0 Å². The second kappa shape index (κ2) is 7.02. The molecular weight excluding hydrogens is 292 g/mol. The van der Waals surface area contributed by atoms with Crippen LogP contribution in [0.15, 0.2) is 24.3 Å². The maximum Gasteiger partial charge on any atom is 0.267 e. The predicted molar refractivity (Wildman–Crippen MR) is 88.5 cm³/mol. The molecule has 1 atom stereocenters. The number of nitrogens with one attached hydrogen (secondary N) is 1. The smallest absolute Gasteiger partial charge is 0.267 e. The molecule has 0 bridgehead atoms. The summed E-state index contributed by atoms with van der Waals surface area (Å²) in [5.74, 6) is 0.641. The van der Waals surface area contributed by atoms with Crippen LogP contribution < -0.4 is 15.0 Å². The number of carbonyl (C=O) groups excluding carboxylic acids is 2. The number of ether oxygens (including phenoxy) is 1. The quantitative estimate of drug-likeness (QED) is 0.929. The molecule has 1 N–H and O–H groups in total. The standard InChI is InChI=1S/C18H24N2O3/c1-13-18(22)20(15-9-5-6-10-16(15)23-13)12-11-17(21)19-14-7-3-2-4-8-14/h5-6,9-10,13-14H,2-4,7-8,11-12H2,1H3,(H,19,21). The molecule has 1 unspecified atom stereocenters. The summed E-state index contributed by atoms with van der Waals surface area (Å²) < 4.78 is 5.61. The highest BCUT2D eigenvalue weighted by Crippen LogP contribution is 2.33. The monoisotopic (exact) mass is 316 g/mol. The van der Waals surface area contributed by atoms with Crippen molar-refractivity contribution in [3.8, 4) is 5.75 Å². The first-order valence-electron chi connectivity index (χ1n) is 8.51. The van der Waals surface area contributed by atoms with Gasteiger partial charge in [0.2, 0.25) is 5.91 Å². The van der Waals surface area contributed by atoms with Gasteiger partial charge in [-0.1, -0.05) is 31.4 Å². The summed E-state index contributed by atoms with van der Waals surface area (Å²) in [4.78, 5) is 26.2. The van der Waals surface area contributed by atoms with Crippen molar-refractivity contribution in [1.29, 1.82) is 0 Å². The van der Waals surface area contributed by atoms with Crippen LogP contribution >= 0.6 is 0 Å². The van der Waals surface area contributed by atoms with Crippen molar-refractivity contribution in [2.45, 2.75) is 57.6 Å². The molecule has 0 radical (unpaired) electrons. The highest BCUT2D eigenvalue weighted by molar-refractivity contribution is 6.00. The van der Waals surface area contributed by atoms with Crippen LogP contribution in [-0.4, -0.2) is 30.5 Å². The molecule has 1 aliphatic carbocycles. The Morgan fingerprint density at radius 1 is 1.26 bits per heavy atom. The molecule has 1 aliphatic heterocycles. The second-order valence-corrected chi connectivity index (χ2v) is 6.37. The highest BCUT2D eigenvalue weighted by atomic mass is 16.5. The number of hydrogen-bond donors (Lipinski definition) is 1. The van der Waals surface area contributed by atoms with Crippen molar-refractivity contribution in [3.63, 3.8) is 0 Å². The van der Waals surface area contributed by atoms with Gasteiger partial charge in [-0.3, -0.25) is 9.59 Å². The lowest BCUT2D eigenvalue weighted by Crippen LogP contribution is -2.46. The lowest BCUT2D eigenvalue weighted by atomic mass is 9.95. The lowest BCUT2D eigenvalue weighted by Gasteiger charge is -2.33. The lowest BCUT2D eigenvalue weighted by molar-refractivity contribution is -0.125. The molecule has 1 fully saturated rings. The van der Waals surface area contributed by atoms with E-state index in [0.29, 0.717) is 24.8 Å². The van der Waals surface area contributed by atoms with Crippen molar-refractivity contribution in [1.82, 2.24) is 5.32 Å². The molecule has 23 heavy (non-hydrogen) atoms. The van der Waals surface area contributed by atoms with E-state index in [1.54, 1.807) is 11.8 Å². The third kappa shape index (κ3) is 3.66. The zero-order valence-electron chi connectivity index (χ0n) is 13.6. The molecule has 1 aromatic carbocycles. The topological polar surface area (TPSA) is 58.6 Å². The van der Waals surface area contributed by atoms with Crippen molar-refractivity contribution in [3.05, 3.63) is 24.3 Å². The maximum absolute atomic E-state index is 12.4. The molecule has 0 saturated heterocycles. The third-order valence-corrected chi connectivity index (χ3v) is 4.61. The number of nitrogens with zero attached hydrogens (tertiary/aromatic N) is 1. The largest absolute Gasteiger partial charge is 0.479 e. The Morgan fingerprint density at radius 2 is 2.00 bits per heavy atom. The van der Waals surface area contributed by atoms with Gasteiger partial charge in [0.25, 0.3) is 5.91 Å². The number of hydrogen-bond acceptors (Lipinski definition) is 3. The fourth-order valence-corrected chi connectivity index (χ4v) is 3.35.